The third kappa shape index (κ3) is 7.29. The maximum atomic E-state index is 13.8. The van der Waals surface area contributed by atoms with Gasteiger partial charge in [0.05, 0.1) is 5.69 Å². The van der Waals surface area contributed by atoms with Crippen molar-refractivity contribution in [2.75, 3.05) is 0 Å². The second-order valence-corrected chi connectivity index (χ2v) is 15.4. The first-order valence-corrected chi connectivity index (χ1v) is 17.4. The smallest absolute Gasteiger partial charge is 0.163 e. The van der Waals surface area contributed by atoms with Crippen molar-refractivity contribution in [3.63, 3.8) is 0 Å². The first kappa shape index (κ1) is 34.0. The summed E-state index contributed by atoms with van der Waals surface area (Å²) in [6.45, 7) is 19.9. The summed E-state index contributed by atoms with van der Waals surface area (Å²) in [5, 5.41) is 4.96. The van der Waals surface area contributed by atoms with E-state index >= 15 is 0 Å². The first-order valence-electron chi connectivity index (χ1n) is 17.4. The van der Waals surface area contributed by atoms with Gasteiger partial charge < -0.3 is 0 Å². The third-order valence-electron chi connectivity index (χ3n) is 9.36. The standard InChI is InChI=1S/C45H48FN3/c1-10-11-41-47-43(33-16-22-40(46)23-17-33)49(48-41)42-29(2)24-34(25-30(42)3)37-27-35(31-12-18-38(19-13-31)44(4,5)6)26-36(28-37)32-14-20-39(21-15-32)45(7,8)9/h12-28H,10-11H2,1-9H3. The molecule has 250 valence electrons. The molecule has 0 bridgehead atoms. The minimum Gasteiger partial charge on any atom is -0.212 e. The molecular formula is C45H48FN3. The first-order chi connectivity index (χ1) is 23.2. The van der Waals surface area contributed by atoms with Gasteiger partial charge in [-0.05, 0) is 141 Å². The number of aromatic nitrogens is 3. The summed E-state index contributed by atoms with van der Waals surface area (Å²) in [5.74, 6) is 1.25. The molecule has 0 spiro atoms. The summed E-state index contributed by atoms with van der Waals surface area (Å²) in [5.41, 5.74) is 13.9. The lowest BCUT2D eigenvalue weighted by Gasteiger charge is -2.20. The number of benzene rings is 5. The second kappa shape index (κ2) is 13.2. The molecule has 1 heterocycles. The van der Waals surface area contributed by atoms with Gasteiger partial charge in [0.2, 0.25) is 0 Å². The Morgan fingerprint density at radius 2 is 0.959 bits per heavy atom. The second-order valence-electron chi connectivity index (χ2n) is 15.4. The Bertz CT molecular complexity index is 1990. The van der Waals surface area contributed by atoms with E-state index in [1.54, 1.807) is 12.1 Å². The highest BCUT2D eigenvalue weighted by atomic mass is 19.1. The number of nitrogens with zero attached hydrogens (tertiary/aromatic N) is 3. The lowest BCUT2D eigenvalue weighted by Crippen LogP contribution is -2.10. The number of aryl methyl sites for hydroxylation is 3. The van der Waals surface area contributed by atoms with E-state index in [0.29, 0.717) is 0 Å². The highest BCUT2D eigenvalue weighted by molar-refractivity contribution is 5.82. The zero-order valence-electron chi connectivity index (χ0n) is 30.4. The minimum absolute atomic E-state index is 0.0924. The zero-order valence-corrected chi connectivity index (χ0v) is 30.4. The summed E-state index contributed by atoms with van der Waals surface area (Å²) in [4.78, 5) is 4.90. The topological polar surface area (TPSA) is 30.7 Å². The Morgan fingerprint density at radius 1 is 0.551 bits per heavy atom. The molecule has 0 radical (unpaired) electrons. The summed E-state index contributed by atoms with van der Waals surface area (Å²) in [6.07, 6.45) is 1.72. The fourth-order valence-corrected chi connectivity index (χ4v) is 6.54. The summed E-state index contributed by atoms with van der Waals surface area (Å²) >= 11 is 0. The lowest BCUT2D eigenvalue weighted by atomic mass is 9.85. The molecule has 0 atom stereocenters. The Hall–Kier alpha value is -4.83. The van der Waals surface area contributed by atoms with Gasteiger partial charge in [-0.15, -0.1) is 0 Å². The van der Waals surface area contributed by atoms with Crippen LogP contribution in [0.3, 0.4) is 0 Å². The van der Waals surface area contributed by atoms with Crippen LogP contribution in [0.4, 0.5) is 4.39 Å². The van der Waals surface area contributed by atoms with E-state index < -0.39 is 0 Å². The van der Waals surface area contributed by atoms with Crippen molar-refractivity contribution in [2.24, 2.45) is 0 Å². The molecule has 0 saturated carbocycles. The largest absolute Gasteiger partial charge is 0.212 e. The van der Waals surface area contributed by atoms with Gasteiger partial charge in [0.25, 0.3) is 0 Å². The lowest BCUT2D eigenvalue weighted by molar-refractivity contribution is 0.590. The number of rotatable bonds is 7. The molecule has 0 aliphatic heterocycles. The summed E-state index contributed by atoms with van der Waals surface area (Å²) in [6, 6.07) is 36.0. The van der Waals surface area contributed by atoms with Gasteiger partial charge in [0.15, 0.2) is 11.6 Å². The van der Waals surface area contributed by atoms with Crippen molar-refractivity contribution in [3.05, 3.63) is 137 Å². The van der Waals surface area contributed by atoms with E-state index in [-0.39, 0.29) is 16.6 Å². The fraction of sp³-hybridized carbons (Fsp3) is 0.289. The van der Waals surface area contributed by atoms with Crippen molar-refractivity contribution in [2.45, 2.75) is 86.0 Å². The van der Waals surface area contributed by atoms with Gasteiger partial charge >= 0.3 is 0 Å². The van der Waals surface area contributed by atoms with Crippen molar-refractivity contribution in [3.8, 4) is 50.5 Å². The molecule has 6 aromatic rings. The molecule has 49 heavy (non-hydrogen) atoms. The van der Waals surface area contributed by atoms with Crippen LogP contribution in [0.1, 0.15) is 83.0 Å². The van der Waals surface area contributed by atoms with Crippen LogP contribution in [0.2, 0.25) is 0 Å². The van der Waals surface area contributed by atoms with Crippen LogP contribution in [-0.4, -0.2) is 14.8 Å². The summed E-state index contributed by atoms with van der Waals surface area (Å²) in [7, 11) is 0. The number of halogens is 1. The van der Waals surface area contributed by atoms with Crippen LogP contribution in [-0.2, 0) is 17.3 Å². The molecule has 0 saturated heterocycles. The molecule has 6 rings (SSSR count). The average Bonchev–Trinajstić information content (AvgIpc) is 3.47. The number of hydrogen-bond donors (Lipinski definition) is 0. The monoisotopic (exact) mass is 649 g/mol. The van der Waals surface area contributed by atoms with Gasteiger partial charge in [-0.2, -0.15) is 5.10 Å². The van der Waals surface area contributed by atoms with Crippen LogP contribution >= 0.6 is 0 Å². The Labute approximate surface area is 291 Å². The van der Waals surface area contributed by atoms with E-state index in [9.17, 15) is 4.39 Å². The van der Waals surface area contributed by atoms with Crippen molar-refractivity contribution in [1.29, 1.82) is 0 Å². The SMILES string of the molecule is CCCc1nc(-c2ccc(F)cc2)n(-c2c(C)cc(-c3cc(-c4ccc(C(C)(C)C)cc4)cc(-c4ccc(C(C)(C)C)cc4)c3)cc2C)n1. The van der Waals surface area contributed by atoms with Crippen LogP contribution in [0.15, 0.2) is 103 Å². The molecule has 1 aromatic heterocycles. The Balaban J connectivity index is 1.48. The zero-order chi connectivity index (χ0) is 35.1. The van der Waals surface area contributed by atoms with Gasteiger partial charge in [0, 0.05) is 12.0 Å². The van der Waals surface area contributed by atoms with Gasteiger partial charge in [-0.1, -0.05) is 97.0 Å². The molecule has 0 unspecified atom stereocenters. The van der Waals surface area contributed by atoms with Crippen LogP contribution in [0, 0.1) is 19.7 Å². The van der Waals surface area contributed by atoms with Crippen LogP contribution in [0.25, 0.3) is 50.5 Å². The molecule has 0 fully saturated rings. The third-order valence-corrected chi connectivity index (χ3v) is 9.36. The van der Waals surface area contributed by atoms with Crippen molar-refractivity contribution < 1.29 is 4.39 Å². The van der Waals surface area contributed by atoms with E-state index in [4.69, 9.17) is 10.1 Å². The highest BCUT2D eigenvalue weighted by Gasteiger charge is 2.19. The molecule has 0 aliphatic carbocycles. The predicted octanol–water partition coefficient (Wildman–Crippen LogP) is 12.2. The predicted molar refractivity (Wildman–Crippen MR) is 204 cm³/mol. The van der Waals surface area contributed by atoms with E-state index in [0.717, 1.165) is 58.0 Å². The molecule has 5 aromatic carbocycles. The normalized spacial score (nSPS) is 12.0. The summed E-state index contributed by atoms with van der Waals surface area (Å²) < 4.78 is 15.8. The maximum Gasteiger partial charge on any atom is 0.163 e. The maximum absolute atomic E-state index is 13.8. The minimum atomic E-state index is -0.266. The average molecular weight is 650 g/mol. The van der Waals surface area contributed by atoms with E-state index in [1.165, 1.54) is 45.5 Å². The molecule has 0 aliphatic rings. The van der Waals surface area contributed by atoms with Gasteiger partial charge in [0.1, 0.15) is 5.82 Å². The van der Waals surface area contributed by atoms with Crippen LogP contribution in [0.5, 0.6) is 0 Å². The molecule has 0 amide bonds. The van der Waals surface area contributed by atoms with Crippen molar-refractivity contribution >= 4 is 0 Å². The van der Waals surface area contributed by atoms with Crippen molar-refractivity contribution in [1.82, 2.24) is 14.8 Å². The van der Waals surface area contributed by atoms with Gasteiger partial charge in [-0.25, -0.2) is 14.1 Å². The Morgan fingerprint density at radius 3 is 1.39 bits per heavy atom. The van der Waals surface area contributed by atoms with Gasteiger partial charge in [-0.3, -0.25) is 0 Å². The molecule has 3 nitrogen and oxygen atoms in total. The van der Waals surface area contributed by atoms with E-state index in [1.807, 2.05) is 4.68 Å². The molecular weight excluding hydrogens is 602 g/mol. The molecule has 4 heteroatoms. The molecule has 0 N–H and O–H groups in total. The quantitative estimate of drug-likeness (QED) is 0.172. The fourth-order valence-electron chi connectivity index (χ4n) is 6.54. The van der Waals surface area contributed by atoms with Crippen LogP contribution < -0.4 is 0 Å². The Kier molecular flexibility index (Phi) is 9.19. The highest BCUT2D eigenvalue weighted by Crippen LogP contribution is 2.37. The van der Waals surface area contributed by atoms with E-state index in [2.05, 4.69) is 141 Å². The number of hydrogen-bond acceptors (Lipinski definition) is 2.